The van der Waals surface area contributed by atoms with Crippen molar-refractivity contribution in [3.8, 4) is 17.1 Å². The van der Waals surface area contributed by atoms with Gasteiger partial charge in [0.1, 0.15) is 17.8 Å². The quantitative estimate of drug-likeness (QED) is 0.491. The molecule has 2 aromatic heterocycles. The van der Waals surface area contributed by atoms with Gasteiger partial charge in [-0.1, -0.05) is 18.2 Å². The van der Waals surface area contributed by atoms with Crippen molar-refractivity contribution in [3.63, 3.8) is 0 Å². The first-order valence-corrected chi connectivity index (χ1v) is 10.1. The SMILES string of the molecule is O=S(=O)(Cc1coc(-c2ccc(F)cc2)n1)Cc1nnnn1-c1ccccc1. The van der Waals surface area contributed by atoms with Crippen LogP contribution in [-0.2, 0) is 21.3 Å². The van der Waals surface area contributed by atoms with Crippen LogP contribution in [0.4, 0.5) is 4.39 Å². The van der Waals surface area contributed by atoms with Crippen LogP contribution in [0, 0.1) is 5.82 Å². The maximum atomic E-state index is 13.0. The fraction of sp³-hybridized carbons (Fsp3) is 0.111. The lowest BCUT2D eigenvalue weighted by molar-refractivity contribution is 0.571. The smallest absolute Gasteiger partial charge is 0.226 e. The van der Waals surface area contributed by atoms with Crippen LogP contribution in [0.2, 0.25) is 0 Å². The number of hydrogen-bond donors (Lipinski definition) is 0. The molecule has 0 saturated heterocycles. The van der Waals surface area contributed by atoms with E-state index < -0.39 is 9.84 Å². The predicted molar refractivity (Wildman–Crippen MR) is 97.4 cm³/mol. The Kier molecular flexibility index (Phi) is 4.70. The molecule has 0 amide bonds. The molecule has 0 aliphatic rings. The van der Waals surface area contributed by atoms with E-state index in [1.807, 2.05) is 18.2 Å². The molecule has 0 aliphatic heterocycles. The molecule has 142 valence electrons. The lowest BCUT2D eigenvalue weighted by atomic mass is 10.2. The third-order valence-electron chi connectivity index (χ3n) is 3.89. The van der Waals surface area contributed by atoms with Gasteiger partial charge in [0.15, 0.2) is 15.7 Å². The number of oxazole rings is 1. The Morgan fingerprint density at radius 2 is 1.75 bits per heavy atom. The van der Waals surface area contributed by atoms with Crippen molar-refractivity contribution >= 4 is 9.84 Å². The zero-order chi connectivity index (χ0) is 19.6. The minimum Gasteiger partial charge on any atom is -0.444 e. The molecule has 0 bridgehead atoms. The summed E-state index contributed by atoms with van der Waals surface area (Å²) in [5.41, 5.74) is 1.47. The standard InChI is InChI=1S/C18H14FN5O3S/c19-14-8-6-13(7-9-14)18-20-15(10-27-18)11-28(25,26)12-17-21-22-23-24(17)16-4-2-1-3-5-16/h1-10H,11-12H2. The van der Waals surface area contributed by atoms with Gasteiger partial charge in [0.2, 0.25) is 5.89 Å². The summed E-state index contributed by atoms with van der Waals surface area (Å²) in [6, 6.07) is 14.6. The Balaban J connectivity index is 1.52. The second-order valence-electron chi connectivity index (χ2n) is 6.03. The van der Waals surface area contributed by atoms with Crippen LogP contribution < -0.4 is 0 Å². The fourth-order valence-corrected chi connectivity index (χ4v) is 3.90. The Morgan fingerprint density at radius 3 is 2.50 bits per heavy atom. The van der Waals surface area contributed by atoms with Gasteiger partial charge >= 0.3 is 0 Å². The highest BCUT2D eigenvalue weighted by Crippen LogP contribution is 2.20. The number of hydrogen-bond acceptors (Lipinski definition) is 7. The van der Waals surface area contributed by atoms with E-state index in [4.69, 9.17) is 4.42 Å². The molecule has 0 unspecified atom stereocenters. The Morgan fingerprint density at radius 1 is 1.00 bits per heavy atom. The summed E-state index contributed by atoms with van der Waals surface area (Å²) in [5.74, 6) is -0.644. The highest BCUT2D eigenvalue weighted by atomic mass is 32.2. The zero-order valence-corrected chi connectivity index (χ0v) is 15.3. The van der Waals surface area contributed by atoms with Gasteiger partial charge in [-0.05, 0) is 46.8 Å². The number of tetrazole rings is 1. The molecule has 2 heterocycles. The van der Waals surface area contributed by atoms with E-state index in [0.717, 1.165) is 0 Å². The van der Waals surface area contributed by atoms with Gasteiger partial charge in [0, 0.05) is 5.56 Å². The highest BCUT2D eigenvalue weighted by molar-refractivity contribution is 7.89. The van der Waals surface area contributed by atoms with Crippen LogP contribution in [-0.4, -0.2) is 33.6 Å². The molecule has 0 aliphatic carbocycles. The van der Waals surface area contributed by atoms with Crippen molar-refractivity contribution in [3.05, 3.63) is 78.2 Å². The largest absolute Gasteiger partial charge is 0.444 e. The van der Waals surface area contributed by atoms with E-state index in [-0.39, 0.29) is 34.7 Å². The van der Waals surface area contributed by atoms with E-state index in [0.29, 0.717) is 11.3 Å². The molecule has 10 heteroatoms. The lowest BCUT2D eigenvalue weighted by Gasteiger charge is -2.04. The summed E-state index contributed by atoms with van der Waals surface area (Å²) in [5, 5.41) is 11.3. The molecule has 0 N–H and O–H groups in total. The molecular weight excluding hydrogens is 385 g/mol. The maximum Gasteiger partial charge on any atom is 0.226 e. The first-order valence-electron chi connectivity index (χ1n) is 8.24. The van der Waals surface area contributed by atoms with Crippen LogP contribution >= 0.6 is 0 Å². The monoisotopic (exact) mass is 399 g/mol. The minimum absolute atomic E-state index is 0.202. The fourth-order valence-electron chi connectivity index (χ4n) is 2.64. The van der Waals surface area contributed by atoms with Crippen LogP contribution in [0.3, 0.4) is 0 Å². The van der Waals surface area contributed by atoms with Crippen LogP contribution in [0.25, 0.3) is 17.1 Å². The second kappa shape index (κ2) is 7.31. The molecule has 0 radical (unpaired) electrons. The topological polar surface area (TPSA) is 104 Å². The van der Waals surface area contributed by atoms with E-state index in [9.17, 15) is 12.8 Å². The predicted octanol–water partition coefficient (Wildman–Crippen LogP) is 2.57. The van der Waals surface area contributed by atoms with Gasteiger partial charge in [-0.15, -0.1) is 5.10 Å². The number of nitrogens with zero attached hydrogens (tertiary/aromatic N) is 5. The van der Waals surface area contributed by atoms with Gasteiger partial charge in [-0.3, -0.25) is 0 Å². The summed E-state index contributed by atoms with van der Waals surface area (Å²) in [6.45, 7) is 0. The Hall–Kier alpha value is -3.40. The van der Waals surface area contributed by atoms with E-state index in [1.165, 1.54) is 35.2 Å². The third-order valence-corrected chi connectivity index (χ3v) is 5.33. The summed E-state index contributed by atoms with van der Waals surface area (Å²) in [7, 11) is -3.61. The summed E-state index contributed by atoms with van der Waals surface area (Å²) in [4.78, 5) is 4.18. The molecule has 28 heavy (non-hydrogen) atoms. The van der Waals surface area contributed by atoms with Gasteiger partial charge in [-0.25, -0.2) is 17.8 Å². The Bertz CT molecular complexity index is 1190. The average Bonchev–Trinajstić information content (AvgIpc) is 3.32. The van der Waals surface area contributed by atoms with Crippen LogP contribution in [0.5, 0.6) is 0 Å². The molecule has 4 rings (SSSR count). The molecule has 0 saturated carbocycles. The van der Waals surface area contributed by atoms with Crippen molar-refractivity contribution in [2.45, 2.75) is 11.5 Å². The van der Waals surface area contributed by atoms with E-state index in [1.54, 1.807) is 12.1 Å². The van der Waals surface area contributed by atoms with E-state index in [2.05, 4.69) is 20.5 Å². The summed E-state index contributed by atoms with van der Waals surface area (Å²) >= 11 is 0. The average molecular weight is 399 g/mol. The Labute approximate surface area is 159 Å². The third kappa shape index (κ3) is 3.96. The highest BCUT2D eigenvalue weighted by Gasteiger charge is 2.21. The van der Waals surface area contributed by atoms with Crippen molar-refractivity contribution in [1.82, 2.24) is 25.2 Å². The summed E-state index contributed by atoms with van der Waals surface area (Å²) in [6.07, 6.45) is 1.27. The van der Waals surface area contributed by atoms with Crippen molar-refractivity contribution < 1.29 is 17.2 Å². The number of sulfone groups is 1. The number of halogens is 1. The molecule has 2 aromatic carbocycles. The molecule has 0 spiro atoms. The second-order valence-corrected chi connectivity index (χ2v) is 8.09. The van der Waals surface area contributed by atoms with Gasteiger partial charge < -0.3 is 4.42 Å². The summed E-state index contributed by atoms with van der Waals surface area (Å²) < 4.78 is 44.9. The normalized spacial score (nSPS) is 11.6. The van der Waals surface area contributed by atoms with Crippen molar-refractivity contribution in [2.24, 2.45) is 0 Å². The van der Waals surface area contributed by atoms with Gasteiger partial charge in [-0.2, -0.15) is 4.68 Å². The number of rotatable bonds is 6. The maximum absolute atomic E-state index is 13.0. The van der Waals surface area contributed by atoms with Gasteiger partial charge in [0.05, 0.1) is 17.1 Å². The van der Waals surface area contributed by atoms with Crippen molar-refractivity contribution in [1.29, 1.82) is 0 Å². The molecule has 0 atom stereocenters. The zero-order valence-electron chi connectivity index (χ0n) is 14.4. The van der Waals surface area contributed by atoms with Crippen molar-refractivity contribution in [2.75, 3.05) is 0 Å². The number of aromatic nitrogens is 5. The molecule has 0 fully saturated rings. The molecular formula is C18H14FN5O3S. The first kappa shape index (κ1) is 18.0. The number of benzene rings is 2. The van der Waals surface area contributed by atoms with E-state index >= 15 is 0 Å². The molecule has 4 aromatic rings. The van der Waals surface area contributed by atoms with Crippen LogP contribution in [0.1, 0.15) is 11.5 Å². The lowest BCUT2D eigenvalue weighted by Crippen LogP contribution is -2.13. The molecule has 8 nitrogen and oxygen atoms in total. The van der Waals surface area contributed by atoms with Crippen LogP contribution in [0.15, 0.2) is 65.3 Å². The first-order chi connectivity index (χ1) is 13.5. The van der Waals surface area contributed by atoms with Gasteiger partial charge in [0.25, 0.3) is 0 Å². The number of para-hydroxylation sites is 1. The minimum atomic E-state index is -3.61.